The lowest BCUT2D eigenvalue weighted by molar-refractivity contribution is 0.514. The molecular weight excluding hydrogens is 403 g/mol. The van der Waals surface area contributed by atoms with Gasteiger partial charge >= 0.3 is 0 Å². The Kier molecular flexibility index (Phi) is 5.37. The first-order valence-corrected chi connectivity index (χ1v) is 10.8. The van der Waals surface area contributed by atoms with Crippen LogP contribution in [0.4, 0.5) is 10.2 Å². The van der Waals surface area contributed by atoms with Crippen molar-refractivity contribution in [3.8, 4) is 11.3 Å². The number of nitrogens with one attached hydrogen (secondary N) is 1. The minimum atomic E-state index is -3.92. The van der Waals surface area contributed by atoms with E-state index in [1.54, 1.807) is 37.3 Å². The Morgan fingerprint density at radius 3 is 2.30 bits per heavy atom. The van der Waals surface area contributed by atoms with Gasteiger partial charge in [-0.05, 0) is 42.3 Å². The molecule has 0 bridgehead atoms. The van der Waals surface area contributed by atoms with Gasteiger partial charge in [0.25, 0.3) is 10.0 Å². The van der Waals surface area contributed by atoms with Gasteiger partial charge in [-0.1, -0.05) is 54.6 Å². The monoisotopic (exact) mass is 422 g/mol. The van der Waals surface area contributed by atoms with E-state index < -0.39 is 15.8 Å². The molecule has 0 unspecified atom stereocenters. The predicted molar refractivity (Wildman–Crippen MR) is 113 cm³/mol. The molecule has 0 saturated carbocycles. The van der Waals surface area contributed by atoms with E-state index >= 15 is 0 Å². The quantitative estimate of drug-likeness (QED) is 0.465. The van der Waals surface area contributed by atoms with Gasteiger partial charge in [0, 0.05) is 6.42 Å². The molecule has 0 saturated heterocycles. The van der Waals surface area contributed by atoms with Crippen molar-refractivity contribution < 1.29 is 17.2 Å². The summed E-state index contributed by atoms with van der Waals surface area (Å²) in [5.74, 6) is -0.245. The Morgan fingerprint density at radius 1 is 0.967 bits per heavy atom. The standard InChI is InChI=1S/C23H19FN2O3S/c1-16-12-13-19(20(24)14-16)22-23(26-30(27,28)18-10-6-3-7-11-18)25-21(29-22)15-17-8-4-2-5-9-17/h2-14,26H,15H2,1H3. The zero-order chi connectivity index (χ0) is 21.1. The third kappa shape index (κ3) is 4.26. The van der Waals surface area contributed by atoms with E-state index in [1.807, 2.05) is 30.3 Å². The van der Waals surface area contributed by atoms with Gasteiger partial charge in [-0.25, -0.2) is 12.8 Å². The van der Waals surface area contributed by atoms with Gasteiger partial charge < -0.3 is 4.42 Å². The van der Waals surface area contributed by atoms with Crippen LogP contribution >= 0.6 is 0 Å². The molecule has 0 aliphatic carbocycles. The summed E-state index contributed by atoms with van der Waals surface area (Å²) in [6, 6.07) is 22.0. The molecule has 4 aromatic rings. The molecular formula is C23H19FN2O3S. The fourth-order valence-electron chi connectivity index (χ4n) is 3.05. The lowest BCUT2D eigenvalue weighted by Gasteiger charge is -2.07. The van der Waals surface area contributed by atoms with Crippen molar-refractivity contribution in [2.24, 2.45) is 0 Å². The van der Waals surface area contributed by atoms with Crippen LogP contribution in [0.1, 0.15) is 17.0 Å². The van der Waals surface area contributed by atoms with Gasteiger partial charge in [-0.15, -0.1) is 0 Å². The number of aryl methyl sites for hydroxylation is 1. The van der Waals surface area contributed by atoms with Crippen LogP contribution in [0.25, 0.3) is 11.3 Å². The third-order valence-electron chi connectivity index (χ3n) is 4.52. The van der Waals surface area contributed by atoms with Gasteiger partial charge in [0.2, 0.25) is 5.89 Å². The highest BCUT2D eigenvalue weighted by molar-refractivity contribution is 7.92. The van der Waals surface area contributed by atoms with Crippen molar-refractivity contribution in [1.29, 1.82) is 0 Å². The second kappa shape index (κ2) is 8.12. The lowest BCUT2D eigenvalue weighted by Crippen LogP contribution is -2.13. The first-order valence-electron chi connectivity index (χ1n) is 9.30. The Hall–Kier alpha value is -3.45. The summed E-state index contributed by atoms with van der Waals surface area (Å²) in [5.41, 5.74) is 1.82. The average Bonchev–Trinajstić information content (AvgIpc) is 3.10. The SMILES string of the molecule is Cc1ccc(-c2oc(Cc3ccccc3)nc2NS(=O)(=O)c2ccccc2)c(F)c1. The molecule has 4 rings (SSSR count). The maximum absolute atomic E-state index is 14.6. The number of aromatic nitrogens is 1. The number of sulfonamides is 1. The van der Waals surface area contributed by atoms with E-state index in [1.165, 1.54) is 18.2 Å². The number of oxazole rings is 1. The van der Waals surface area contributed by atoms with Crippen LogP contribution in [0, 0.1) is 12.7 Å². The van der Waals surface area contributed by atoms with Crippen molar-refractivity contribution in [3.63, 3.8) is 0 Å². The molecule has 7 heteroatoms. The number of benzene rings is 3. The predicted octanol–water partition coefficient (Wildman–Crippen LogP) is 5.18. The van der Waals surface area contributed by atoms with Crippen LogP contribution in [-0.4, -0.2) is 13.4 Å². The molecule has 5 nitrogen and oxygen atoms in total. The van der Waals surface area contributed by atoms with Crippen molar-refractivity contribution in [2.45, 2.75) is 18.2 Å². The summed E-state index contributed by atoms with van der Waals surface area (Å²) in [5, 5.41) is 0. The highest BCUT2D eigenvalue weighted by Gasteiger charge is 2.23. The molecule has 0 atom stereocenters. The average molecular weight is 422 g/mol. The number of hydrogen-bond donors (Lipinski definition) is 1. The van der Waals surface area contributed by atoms with E-state index in [9.17, 15) is 12.8 Å². The second-order valence-corrected chi connectivity index (χ2v) is 8.53. The number of hydrogen-bond acceptors (Lipinski definition) is 4. The Morgan fingerprint density at radius 2 is 1.63 bits per heavy atom. The fourth-order valence-corrected chi connectivity index (χ4v) is 4.08. The summed E-state index contributed by atoms with van der Waals surface area (Å²) in [6.45, 7) is 1.77. The molecule has 0 aliphatic heterocycles. The minimum Gasteiger partial charge on any atom is -0.438 e. The topological polar surface area (TPSA) is 72.2 Å². The summed E-state index contributed by atoms with van der Waals surface area (Å²) in [4.78, 5) is 4.41. The number of halogens is 1. The molecule has 3 aromatic carbocycles. The number of anilines is 1. The maximum atomic E-state index is 14.6. The minimum absolute atomic E-state index is 0.0398. The molecule has 1 N–H and O–H groups in total. The van der Waals surface area contributed by atoms with E-state index in [-0.39, 0.29) is 27.9 Å². The van der Waals surface area contributed by atoms with Crippen molar-refractivity contribution in [3.05, 3.63) is 102 Å². The molecule has 30 heavy (non-hydrogen) atoms. The zero-order valence-corrected chi connectivity index (χ0v) is 17.0. The first kappa shape index (κ1) is 19.8. The van der Waals surface area contributed by atoms with E-state index in [0.717, 1.165) is 11.1 Å². The molecule has 152 valence electrons. The second-order valence-electron chi connectivity index (χ2n) is 6.85. The van der Waals surface area contributed by atoms with Crippen molar-refractivity contribution >= 4 is 15.8 Å². The van der Waals surface area contributed by atoms with Gasteiger partial charge in [-0.2, -0.15) is 4.98 Å². The van der Waals surface area contributed by atoms with E-state index in [4.69, 9.17) is 4.42 Å². The molecule has 0 spiro atoms. The third-order valence-corrected chi connectivity index (χ3v) is 5.88. The summed E-state index contributed by atoms with van der Waals surface area (Å²) in [7, 11) is -3.92. The highest BCUT2D eigenvalue weighted by atomic mass is 32.2. The van der Waals surface area contributed by atoms with Gasteiger partial charge in [0.1, 0.15) is 5.82 Å². The summed E-state index contributed by atoms with van der Waals surface area (Å²) >= 11 is 0. The van der Waals surface area contributed by atoms with Crippen LogP contribution in [-0.2, 0) is 16.4 Å². The van der Waals surface area contributed by atoms with Gasteiger partial charge in [0.15, 0.2) is 11.6 Å². The van der Waals surface area contributed by atoms with Crippen LogP contribution in [0.15, 0.2) is 88.2 Å². The Balaban J connectivity index is 1.77. The Labute approximate surface area is 174 Å². The number of rotatable bonds is 6. The molecule has 1 aromatic heterocycles. The smallest absolute Gasteiger partial charge is 0.263 e. The van der Waals surface area contributed by atoms with Gasteiger partial charge in [0.05, 0.1) is 10.5 Å². The lowest BCUT2D eigenvalue weighted by atomic mass is 10.1. The molecule has 0 aliphatic rings. The zero-order valence-electron chi connectivity index (χ0n) is 16.2. The first-order chi connectivity index (χ1) is 14.4. The number of nitrogens with zero attached hydrogens (tertiary/aromatic N) is 1. The van der Waals surface area contributed by atoms with Crippen LogP contribution in [0.3, 0.4) is 0 Å². The highest BCUT2D eigenvalue weighted by Crippen LogP contribution is 2.33. The van der Waals surface area contributed by atoms with Gasteiger partial charge in [-0.3, -0.25) is 4.72 Å². The Bertz CT molecular complexity index is 1270. The summed E-state index contributed by atoms with van der Waals surface area (Å²) in [6.07, 6.45) is 0.342. The molecule has 0 radical (unpaired) electrons. The molecule has 0 amide bonds. The van der Waals surface area contributed by atoms with Crippen molar-refractivity contribution in [2.75, 3.05) is 4.72 Å². The normalized spacial score (nSPS) is 11.4. The molecule has 0 fully saturated rings. The largest absolute Gasteiger partial charge is 0.438 e. The van der Waals surface area contributed by atoms with Crippen LogP contribution in [0.5, 0.6) is 0 Å². The maximum Gasteiger partial charge on any atom is 0.263 e. The van der Waals surface area contributed by atoms with E-state index in [0.29, 0.717) is 6.42 Å². The van der Waals surface area contributed by atoms with E-state index in [2.05, 4.69) is 9.71 Å². The van der Waals surface area contributed by atoms with Crippen molar-refractivity contribution in [1.82, 2.24) is 4.98 Å². The van der Waals surface area contributed by atoms with Crippen LogP contribution < -0.4 is 4.72 Å². The fraction of sp³-hybridized carbons (Fsp3) is 0.0870. The molecule has 1 heterocycles. The van der Waals surface area contributed by atoms with Crippen LogP contribution in [0.2, 0.25) is 0 Å². The summed E-state index contributed by atoms with van der Waals surface area (Å²) < 4.78 is 48.5.